The van der Waals surface area contributed by atoms with E-state index >= 15 is 0 Å². The molecule has 0 spiro atoms. The highest BCUT2D eigenvalue weighted by molar-refractivity contribution is 7.09. The summed E-state index contributed by atoms with van der Waals surface area (Å²) in [5, 5.41) is 5.68. The number of carbonyl (C=O) groups excluding carboxylic acids is 1. The number of nitrogens with one attached hydrogen (secondary N) is 1. The Hall–Kier alpha value is -1.39. The van der Waals surface area contributed by atoms with Crippen LogP contribution >= 0.6 is 11.3 Å². The van der Waals surface area contributed by atoms with Gasteiger partial charge in [0, 0.05) is 50.4 Å². The van der Waals surface area contributed by atoms with E-state index in [1.165, 1.54) is 11.3 Å². The fourth-order valence-corrected chi connectivity index (χ4v) is 3.21. The van der Waals surface area contributed by atoms with E-state index < -0.39 is 12.8 Å². The predicted octanol–water partition coefficient (Wildman–Crippen LogP) is 2.25. The smallest absolute Gasteiger partial charge is 0.372 e. The Bertz CT molecular complexity index is 545. The molecule has 6 nitrogen and oxygen atoms in total. The maximum Gasteiger partial charge on any atom is 0.411 e. The van der Waals surface area contributed by atoms with Crippen LogP contribution in [-0.4, -0.2) is 72.9 Å². The van der Waals surface area contributed by atoms with Gasteiger partial charge < -0.3 is 15.0 Å². The number of aryl methyl sites for hydroxylation is 1. The van der Waals surface area contributed by atoms with Gasteiger partial charge in [0.25, 0.3) is 0 Å². The van der Waals surface area contributed by atoms with Crippen molar-refractivity contribution in [1.82, 2.24) is 20.1 Å². The van der Waals surface area contributed by atoms with Crippen LogP contribution in [0, 0.1) is 6.92 Å². The van der Waals surface area contributed by atoms with Gasteiger partial charge in [-0.1, -0.05) is 0 Å². The number of hydrogen-bond donors (Lipinski definition) is 1. The number of piperazine rings is 1. The molecule has 1 saturated heterocycles. The van der Waals surface area contributed by atoms with Crippen molar-refractivity contribution in [2.75, 3.05) is 45.9 Å². The molecular formula is C15H23F3N4O2S. The second-order valence-electron chi connectivity index (χ2n) is 5.89. The van der Waals surface area contributed by atoms with Crippen LogP contribution in [0.4, 0.5) is 18.0 Å². The summed E-state index contributed by atoms with van der Waals surface area (Å²) in [6.07, 6.45) is -3.72. The summed E-state index contributed by atoms with van der Waals surface area (Å²) in [5.74, 6) is 0. The van der Waals surface area contributed by atoms with Crippen molar-refractivity contribution >= 4 is 17.4 Å². The van der Waals surface area contributed by atoms with E-state index in [1.807, 2.05) is 12.3 Å². The lowest BCUT2D eigenvalue weighted by Gasteiger charge is -2.34. The number of alkyl halides is 3. The molecule has 1 fully saturated rings. The highest BCUT2D eigenvalue weighted by atomic mass is 32.1. The van der Waals surface area contributed by atoms with Gasteiger partial charge in [0.05, 0.1) is 6.54 Å². The SMILES string of the molecule is Cc1csc(CNC(=O)N2CCN(CCCOCC(F)(F)F)CC2)n1. The first-order valence-corrected chi connectivity index (χ1v) is 9.02. The number of aromatic nitrogens is 1. The minimum atomic E-state index is -4.27. The fraction of sp³-hybridized carbons (Fsp3) is 0.733. The number of ether oxygens (including phenoxy) is 1. The Morgan fingerprint density at radius 1 is 1.36 bits per heavy atom. The molecule has 0 radical (unpaired) electrons. The third-order valence-electron chi connectivity index (χ3n) is 3.75. The van der Waals surface area contributed by atoms with E-state index in [-0.39, 0.29) is 12.6 Å². The Morgan fingerprint density at radius 2 is 2.08 bits per heavy atom. The number of hydrogen-bond acceptors (Lipinski definition) is 5. The van der Waals surface area contributed by atoms with Gasteiger partial charge >= 0.3 is 12.2 Å². The Kier molecular flexibility index (Phi) is 7.45. The second kappa shape index (κ2) is 9.35. The largest absolute Gasteiger partial charge is 0.411 e. The number of halogens is 3. The summed E-state index contributed by atoms with van der Waals surface area (Å²) in [4.78, 5) is 20.3. The van der Waals surface area contributed by atoms with E-state index in [9.17, 15) is 18.0 Å². The first kappa shape index (κ1) is 19.9. The minimum Gasteiger partial charge on any atom is -0.372 e. The predicted molar refractivity (Wildman–Crippen MR) is 88.6 cm³/mol. The monoisotopic (exact) mass is 380 g/mol. The van der Waals surface area contributed by atoms with Crippen LogP contribution in [-0.2, 0) is 11.3 Å². The zero-order valence-corrected chi connectivity index (χ0v) is 15.0. The van der Waals surface area contributed by atoms with Crippen molar-refractivity contribution in [2.24, 2.45) is 0 Å². The van der Waals surface area contributed by atoms with E-state index in [0.29, 0.717) is 45.7 Å². The zero-order valence-electron chi connectivity index (χ0n) is 14.1. The van der Waals surface area contributed by atoms with Crippen molar-refractivity contribution in [3.63, 3.8) is 0 Å². The maximum atomic E-state index is 12.1. The van der Waals surface area contributed by atoms with Gasteiger partial charge in [-0.25, -0.2) is 9.78 Å². The number of urea groups is 1. The first-order chi connectivity index (χ1) is 11.8. The van der Waals surface area contributed by atoms with Crippen LogP contribution in [0.3, 0.4) is 0 Å². The van der Waals surface area contributed by atoms with Crippen LogP contribution in [0.1, 0.15) is 17.1 Å². The molecule has 0 saturated carbocycles. The van der Waals surface area contributed by atoms with Crippen molar-refractivity contribution in [3.8, 4) is 0 Å². The summed E-state index contributed by atoms with van der Waals surface area (Å²) in [7, 11) is 0. The average molecular weight is 380 g/mol. The molecule has 1 N–H and O–H groups in total. The van der Waals surface area contributed by atoms with E-state index in [2.05, 4.69) is 19.9 Å². The van der Waals surface area contributed by atoms with Gasteiger partial charge in [-0.3, -0.25) is 4.90 Å². The molecule has 2 rings (SSSR count). The molecule has 1 aliphatic rings. The summed E-state index contributed by atoms with van der Waals surface area (Å²) in [6.45, 7) is 4.53. The van der Waals surface area contributed by atoms with Crippen LogP contribution in [0.2, 0.25) is 0 Å². The number of thiazole rings is 1. The highest BCUT2D eigenvalue weighted by Crippen LogP contribution is 2.14. The van der Waals surface area contributed by atoms with Crippen molar-refractivity contribution in [1.29, 1.82) is 0 Å². The van der Waals surface area contributed by atoms with E-state index in [1.54, 1.807) is 4.90 Å². The normalized spacial score (nSPS) is 16.2. The minimum absolute atomic E-state index is 0.0907. The van der Waals surface area contributed by atoms with Gasteiger partial charge in [-0.2, -0.15) is 13.2 Å². The van der Waals surface area contributed by atoms with Gasteiger partial charge in [0.15, 0.2) is 0 Å². The molecular weight excluding hydrogens is 357 g/mol. The summed E-state index contributed by atoms with van der Waals surface area (Å²) in [5.41, 5.74) is 0.946. The fourth-order valence-electron chi connectivity index (χ4n) is 2.50. The average Bonchev–Trinajstić information content (AvgIpc) is 2.97. The van der Waals surface area contributed by atoms with Gasteiger partial charge in [0.2, 0.25) is 0 Å². The molecule has 0 atom stereocenters. The van der Waals surface area contributed by atoms with Crippen LogP contribution in [0.25, 0.3) is 0 Å². The van der Waals surface area contributed by atoms with Gasteiger partial charge in [-0.05, 0) is 13.3 Å². The third-order valence-corrected chi connectivity index (χ3v) is 4.71. The Morgan fingerprint density at radius 3 is 2.68 bits per heavy atom. The molecule has 10 heteroatoms. The van der Waals surface area contributed by atoms with E-state index in [4.69, 9.17) is 0 Å². The second-order valence-corrected chi connectivity index (χ2v) is 6.83. The van der Waals surface area contributed by atoms with Gasteiger partial charge in [0.1, 0.15) is 11.6 Å². The lowest BCUT2D eigenvalue weighted by molar-refractivity contribution is -0.174. The lowest BCUT2D eigenvalue weighted by atomic mass is 10.3. The molecule has 0 unspecified atom stereocenters. The Balaban J connectivity index is 1.57. The molecule has 1 aromatic rings. The molecule has 0 aliphatic carbocycles. The van der Waals surface area contributed by atoms with Crippen LogP contribution in [0.15, 0.2) is 5.38 Å². The van der Waals surface area contributed by atoms with Crippen molar-refractivity contribution in [2.45, 2.75) is 26.1 Å². The summed E-state index contributed by atoms with van der Waals surface area (Å²) >= 11 is 1.52. The van der Waals surface area contributed by atoms with Crippen LogP contribution < -0.4 is 5.32 Å². The molecule has 0 aromatic carbocycles. The van der Waals surface area contributed by atoms with Crippen molar-refractivity contribution < 1.29 is 22.7 Å². The summed E-state index contributed by atoms with van der Waals surface area (Å²) < 4.78 is 40.4. The maximum absolute atomic E-state index is 12.1. The highest BCUT2D eigenvalue weighted by Gasteiger charge is 2.27. The molecule has 142 valence electrons. The molecule has 2 amide bonds. The quantitative estimate of drug-likeness (QED) is 0.737. The summed E-state index contributed by atoms with van der Waals surface area (Å²) in [6, 6.07) is -0.110. The molecule has 0 bridgehead atoms. The molecule has 2 heterocycles. The molecule has 1 aliphatic heterocycles. The van der Waals surface area contributed by atoms with Crippen molar-refractivity contribution in [3.05, 3.63) is 16.1 Å². The molecule has 25 heavy (non-hydrogen) atoms. The van der Waals surface area contributed by atoms with Crippen LogP contribution in [0.5, 0.6) is 0 Å². The molecule has 1 aromatic heterocycles. The Labute approximate surface area is 149 Å². The topological polar surface area (TPSA) is 57.7 Å². The standard InChI is InChI=1S/C15H23F3N4O2S/c1-12-10-25-13(20-12)9-19-14(23)22-6-4-21(5-7-22)3-2-8-24-11-15(16,17)18/h10H,2-9,11H2,1H3,(H,19,23). The zero-order chi connectivity index (χ0) is 18.3. The number of amides is 2. The number of rotatable bonds is 7. The van der Waals surface area contributed by atoms with Gasteiger partial charge in [-0.15, -0.1) is 11.3 Å². The lowest BCUT2D eigenvalue weighted by Crippen LogP contribution is -2.51. The third kappa shape index (κ3) is 7.57. The number of nitrogens with zero attached hydrogens (tertiary/aromatic N) is 3. The van der Waals surface area contributed by atoms with E-state index in [0.717, 1.165) is 10.7 Å². The number of carbonyl (C=O) groups is 1. The first-order valence-electron chi connectivity index (χ1n) is 8.14.